The number of pyridine rings is 1. The van der Waals surface area contributed by atoms with Crippen LogP contribution in [0, 0.1) is 18.3 Å². The molecule has 1 amide bonds. The van der Waals surface area contributed by atoms with Crippen LogP contribution < -0.4 is 5.32 Å². The number of nitrogens with one attached hydrogen (secondary N) is 1. The maximum absolute atomic E-state index is 12.1. The van der Waals surface area contributed by atoms with Crippen LogP contribution in [0.4, 0.5) is 5.69 Å². The molecule has 0 aliphatic carbocycles. The smallest absolute Gasteiger partial charge is 0.350 e. The number of amides is 1. The van der Waals surface area contributed by atoms with Crippen molar-refractivity contribution in [3.63, 3.8) is 0 Å². The fourth-order valence-electron chi connectivity index (χ4n) is 1.65. The van der Waals surface area contributed by atoms with Crippen molar-refractivity contribution in [3.05, 3.63) is 45.4 Å². The van der Waals surface area contributed by atoms with Crippen molar-refractivity contribution >= 4 is 28.9 Å². The van der Waals surface area contributed by atoms with E-state index in [1.54, 1.807) is 18.4 Å². The number of rotatable bonds is 3. The van der Waals surface area contributed by atoms with E-state index in [2.05, 4.69) is 15.0 Å². The number of thiophene rings is 1. The molecule has 2 rings (SSSR count). The Hall–Kier alpha value is -2.72. The van der Waals surface area contributed by atoms with E-state index in [9.17, 15) is 9.59 Å². The molecule has 0 atom stereocenters. The second-order valence-corrected chi connectivity index (χ2v) is 4.97. The van der Waals surface area contributed by atoms with Gasteiger partial charge in [0, 0.05) is 0 Å². The molecule has 0 saturated heterocycles. The summed E-state index contributed by atoms with van der Waals surface area (Å²) in [6.07, 6.45) is 0. The first-order chi connectivity index (χ1) is 10.1. The van der Waals surface area contributed by atoms with Crippen LogP contribution in [0.3, 0.4) is 0 Å². The van der Waals surface area contributed by atoms with Crippen LogP contribution in [0.15, 0.2) is 23.6 Å². The summed E-state index contributed by atoms with van der Waals surface area (Å²) in [7, 11) is 1.28. The molecule has 0 radical (unpaired) electrons. The SMILES string of the molecule is COC(=O)c1sccc1NC(=O)c1ccc(C#N)c(C)n1. The normalized spacial score (nSPS) is 9.76. The summed E-state index contributed by atoms with van der Waals surface area (Å²) < 4.78 is 4.64. The van der Waals surface area contributed by atoms with E-state index in [1.165, 1.54) is 30.6 Å². The number of carbonyl (C=O) groups is 2. The Bertz CT molecular complexity index is 746. The Kier molecular flexibility index (Phi) is 4.30. The number of hydrogen-bond donors (Lipinski definition) is 1. The van der Waals surface area contributed by atoms with Crippen LogP contribution >= 0.6 is 11.3 Å². The van der Waals surface area contributed by atoms with Crippen molar-refractivity contribution in [2.45, 2.75) is 6.92 Å². The van der Waals surface area contributed by atoms with Crippen LogP contribution in [0.25, 0.3) is 0 Å². The maximum atomic E-state index is 12.1. The predicted molar refractivity (Wildman–Crippen MR) is 77.3 cm³/mol. The molecular weight excluding hydrogens is 290 g/mol. The molecule has 0 aliphatic heterocycles. The zero-order valence-corrected chi connectivity index (χ0v) is 12.2. The molecule has 2 aromatic heterocycles. The van der Waals surface area contributed by atoms with Crippen molar-refractivity contribution in [3.8, 4) is 6.07 Å². The minimum atomic E-state index is -0.510. The number of hydrogen-bond acceptors (Lipinski definition) is 6. The standard InChI is InChI=1S/C14H11N3O3S/c1-8-9(7-15)3-4-11(16-8)13(18)17-10-5-6-21-12(10)14(19)20-2/h3-6H,1-2H3,(H,17,18). The number of nitrogens with zero attached hydrogens (tertiary/aromatic N) is 2. The van der Waals surface area contributed by atoms with Crippen LogP contribution in [0.1, 0.15) is 31.4 Å². The van der Waals surface area contributed by atoms with Gasteiger partial charge in [0.05, 0.1) is 24.1 Å². The average molecular weight is 301 g/mol. The molecule has 6 nitrogen and oxygen atoms in total. The highest BCUT2D eigenvalue weighted by molar-refractivity contribution is 7.12. The first-order valence-corrected chi connectivity index (χ1v) is 6.79. The van der Waals surface area contributed by atoms with Gasteiger partial charge in [-0.05, 0) is 30.5 Å². The lowest BCUT2D eigenvalue weighted by Crippen LogP contribution is -2.16. The van der Waals surface area contributed by atoms with Gasteiger partial charge < -0.3 is 10.1 Å². The minimum absolute atomic E-state index is 0.175. The molecule has 0 fully saturated rings. The fourth-order valence-corrected chi connectivity index (χ4v) is 2.42. The van der Waals surface area contributed by atoms with Crippen LogP contribution in [0.5, 0.6) is 0 Å². The second kappa shape index (κ2) is 6.15. The lowest BCUT2D eigenvalue weighted by molar-refractivity contribution is 0.0607. The summed E-state index contributed by atoms with van der Waals surface area (Å²) >= 11 is 1.18. The largest absolute Gasteiger partial charge is 0.465 e. The first kappa shape index (κ1) is 14.7. The Morgan fingerprint density at radius 2 is 2.14 bits per heavy atom. The summed E-state index contributed by atoms with van der Waals surface area (Å²) in [4.78, 5) is 28.0. The number of methoxy groups -OCH3 is 1. The van der Waals surface area contributed by atoms with Gasteiger partial charge in [-0.2, -0.15) is 5.26 Å². The van der Waals surface area contributed by atoms with Gasteiger partial charge in [0.25, 0.3) is 5.91 Å². The molecule has 0 unspecified atom stereocenters. The predicted octanol–water partition coefficient (Wildman–Crippen LogP) is 2.36. The zero-order chi connectivity index (χ0) is 15.4. The molecule has 21 heavy (non-hydrogen) atoms. The summed E-state index contributed by atoms with van der Waals surface area (Å²) in [6.45, 7) is 1.65. The molecule has 1 N–H and O–H groups in total. The maximum Gasteiger partial charge on any atom is 0.350 e. The molecule has 0 aliphatic rings. The van der Waals surface area contributed by atoms with Crippen molar-refractivity contribution in [2.75, 3.05) is 12.4 Å². The molecule has 0 saturated carbocycles. The average Bonchev–Trinajstić information content (AvgIpc) is 2.94. The van der Waals surface area contributed by atoms with E-state index in [0.717, 1.165) is 0 Å². The molecule has 106 valence electrons. The molecule has 0 spiro atoms. The van der Waals surface area contributed by atoms with Gasteiger partial charge in [0.2, 0.25) is 0 Å². The van der Waals surface area contributed by atoms with Gasteiger partial charge in [-0.3, -0.25) is 4.79 Å². The lowest BCUT2D eigenvalue weighted by atomic mass is 10.2. The molecular formula is C14H11N3O3S. The number of carbonyl (C=O) groups excluding carboxylic acids is 2. The third-order valence-corrected chi connectivity index (χ3v) is 3.62. The highest BCUT2D eigenvalue weighted by atomic mass is 32.1. The van der Waals surface area contributed by atoms with Gasteiger partial charge >= 0.3 is 5.97 Å². The summed E-state index contributed by atoms with van der Waals surface area (Å²) in [5.41, 5.74) is 1.44. The van der Waals surface area contributed by atoms with Crippen molar-refractivity contribution in [2.24, 2.45) is 0 Å². The van der Waals surface area contributed by atoms with Crippen molar-refractivity contribution < 1.29 is 14.3 Å². The monoisotopic (exact) mass is 301 g/mol. The summed E-state index contributed by atoms with van der Waals surface area (Å²) in [5, 5.41) is 13.1. The van der Waals surface area contributed by atoms with E-state index in [1.807, 2.05) is 6.07 Å². The third-order valence-electron chi connectivity index (χ3n) is 2.72. The van der Waals surface area contributed by atoms with Crippen molar-refractivity contribution in [1.82, 2.24) is 4.98 Å². The van der Waals surface area contributed by atoms with Crippen LogP contribution in [-0.4, -0.2) is 24.0 Å². The van der Waals surface area contributed by atoms with E-state index < -0.39 is 11.9 Å². The number of esters is 1. The number of ether oxygens (including phenoxy) is 1. The molecule has 2 heterocycles. The quantitative estimate of drug-likeness (QED) is 0.879. The Morgan fingerprint density at radius 3 is 2.76 bits per heavy atom. The van der Waals surface area contributed by atoms with E-state index in [0.29, 0.717) is 21.8 Å². The van der Waals surface area contributed by atoms with Gasteiger partial charge in [-0.15, -0.1) is 11.3 Å². The molecule has 0 bridgehead atoms. The fraction of sp³-hybridized carbons (Fsp3) is 0.143. The van der Waals surface area contributed by atoms with Gasteiger partial charge in [-0.1, -0.05) is 0 Å². The number of aromatic nitrogens is 1. The van der Waals surface area contributed by atoms with E-state index >= 15 is 0 Å². The number of anilines is 1. The molecule has 0 aromatic carbocycles. The van der Waals surface area contributed by atoms with E-state index in [-0.39, 0.29) is 5.69 Å². The highest BCUT2D eigenvalue weighted by Crippen LogP contribution is 2.23. The molecule has 2 aromatic rings. The third kappa shape index (κ3) is 3.07. The number of aryl methyl sites for hydroxylation is 1. The van der Waals surface area contributed by atoms with Gasteiger partial charge in [-0.25, -0.2) is 9.78 Å². The minimum Gasteiger partial charge on any atom is -0.465 e. The van der Waals surface area contributed by atoms with Crippen LogP contribution in [0.2, 0.25) is 0 Å². The van der Waals surface area contributed by atoms with Crippen LogP contribution in [-0.2, 0) is 4.74 Å². The highest BCUT2D eigenvalue weighted by Gasteiger charge is 2.17. The van der Waals surface area contributed by atoms with E-state index in [4.69, 9.17) is 5.26 Å². The summed E-state index contributed by atoms with van der Waals surface area (Å²) in [6, 6.07) is 6.60. The van der Waals surface area contributed by atoms with Crippen molar-refractivity contribution in [1.29, 1.82) is 5.26 Å². The topological polar surface area (TPSA) is 92.1 Å². The van der Waals surface area contributed by atoms with Gasteiger partial charge in [0.15, 0.2) is 0 Å². The Morgan fingerprint density at radius 1 is 1.38 bits per heavy atom. The Balaban J connectivity index is 2.23. The zero-order valence-electron chi connectivity index (χ0n) is 11.3. The summed E-state index contributed by atoms with van der Waals surface area (Å²) in [5.74, 6) is -0.963. The molecule has 7 heteroatoms. The second-order valence-electron chi connectivity index (χ2n) is 4.05. The Labute approximate surface area is 125 Å². The number of nitriles is 1. The first-order valence-electron chi connectivity index (χ1n) is 5.91. The lowest BCUT2D eigenvalue weighted by Gasteiger charge is -2.06. The van der Waals surface area contributed by atoms with Gasteiger partial charge in [0.1, 0.15) is 16.6 Å².